The van der Waals surface area contributed by atoms with Crippen molar-refractivity contribution in [2.24, 2.45) is 5.41 Å². The van der Waals surface area contributed by atoms with Crippen LogP contribution in [0, 0.1) is 11.2 Å². The van der Waals surface area contributed by atoms with Crippen LogP contribution in [0.15, 0.2) is 54.9 Å². The molecule has 2 aromatic heterocycles. The Morgan fingerprint density at radius 2 is 1.94 bits per heavy atom. The van der Waals surface area contributed by atoms with Gasteiger partial charge in [0, 0.05) is 49.6 Å². The summed E-state index contributed by atoms with van der Waals surface area (Å²) in [6, 6.07) is 11.7. The summed E-state index contributed by atoms with van der Waals surface area (Å²) >= 11 is 0. The van der Waals surface area contributed by atoms with Gasteiger partial charge in [0.05, 0.1) is 29.7 Å². The molecule has 0 aliphatic carbocycles. The Balaban J connectivity index is 1.25. The number of fused-ring (bicyclic) bond motifs is 1. The first kappa shape index (κ1) is 21.7. The zero-order valence-electron chi connectivity index (χ0n) is 19.1. The summed E-state index contributed by atoms with van der Waals surface area (Å²) in [6.45, 7) is 3.82. The van der Waals surface area contributed by atoms with Crippen molar-refractivity contribution in [1.82, 2.24) is 25.3 Å². The van der Waals surface area contributed by atoms with Crippen LogP contribution < -0.4 is 10.2 Å². The number of anilines is 1. The molecule has 2 saturated heterocycles. The van der Waals surface area contributed by atoms with Gasteiger partial charge in [-0.1, -0.05) is 0 Å². The quantitative estimate of drug-likeness (QED) is 0.401. The number of carbonyl (C=O) groups is 1. The van der Waals surface area contributed by atoms with E-state index in [1.807, 2.05) is 6.07 Å². The van der Waals surface area contributed by atoms with E-state index < -0.39 is 0 Å². The third-order valence-electron chi connectivity index (χ3n) is 6.63. The summed E-state index contributed by atoms with van der Waals surface area (Å²) in [5.74, 6) is 1.22. The van der Waals surface area contributed by atoms with Crippen LogP contribution in [0.4, 0.5) is 10.2 Å². The lowest BCUT2D eigenvalue weighted by atomic mass is 9.78. The molecule has 1 amide bonds. The first-order valence-corrected chi connectivity index (χ1v) is 11.8. The summed E-state index contributed by atoms with van der Waals surface area (Å²) in [7, 11) is 0. The van der Waals surface area contributed by atoms with Crippen molar-refractivity contribution in [3.05, 3.63) is 72.1 Å². The van der Waals surface area contributed by atoms with Gasteiger partial charge in [-0.15, -0.1) is 0 Å². The van der Waals surface area contributed by atoms with Crippen molar-refractivity contribution < 1.29 is 13.9 Å². The lowest BCUT2D eigenvalue weighted by Crippen LogP contribution is -2.66. The lowest BCUT2D eigenvalue weighted by molar-refractivity contribution is -0.127. The summed E-state index contributed by atoms with van der Waals surface area (Å²) in [5.41, 5.74) is 3.55. The third kappa shape index (κ3) is 4.23. The summed E-state index contributed by atoms with van der Waals surface area (Å²) in [6.07, 6.45) is 5.06. The Labute approximate surface area is 201 Å². The molecule has 178 valence electrons. The maximum Gasteiger partial charge on any atom is 0.251 e. The van der Waals surface area contributed by atoms with Gasteiger partial charge in [0.2, 0.25) is 0 Å². The molecule has 8 nitrogen and oxygen atoms in total. The number of nitrogens with zero attached hydrogens (tertiary/aromatic N) is 4. The molecule has 0 radical (unpaired) electrons. The molecule has 0 atom stereocenters. The van der Waals surface area contributed by atoms with E-state index in [0.717, 1.165) is 56.4 Å². The lowest BCUT2D eigenvalue weighted by Gasteiger charge is -2.55. The highest BCUT2D eigenvalue weighted by Gasteiger charge is 2.50. The minimum absolute atomic E-state index is 0.157. The molecule has 35 heavy (non-hydrogen) atoms. The van der Waals surface area contributed by atoms with E-state index in [9.17, 15) is 9.18 Å². The number of aromatic amines is 1. The van der Waals surface area contributed by atoms with Crippen LogP contribution in [-0.2, 0) is 11.2 Å². The molecular formula is C26H25FN6O2. The van der Waals surface area contributed by atoms with Crippen molar-refractivity contribution in [2.75, 3.05) is 37.7 Å². The van der Waals surface area contributed by atoms with Crippen LogP contribution in [-0.4, -0.2) is 58.7 Å². The Morgan fingerprint density at radius 1 is 1.11 bits per heavy atom. The van der Waals surface area contributed by atoms with Crippen LogP contribution in [0.1, 0.15) is 22.6 Å². The van der Waals surface area contributed by atoms with Gasteiger partial charge in [0.1, 0.15) is 17.3 Å². The van der Waals surface area contributed by atoms with Gasteiger partial charge < -0.3 is 19.9 Å². The van der Waals surface area contributed by atoms with Crippen molar-refractivity contribution in [1.29, 1.82) is 0 Å². The van der Waals surface area contributed by atoms with E-state index in [1.54, 1.807) is 36.7 Å². The molecule has 0 saturated carbocycles. The molecule has 6 rings (SSSR count). The number of carbonyl (C=O) groups excluding carboxylic acids is 1. The maximum absolute atomic E-state index is 13.6. The van der Waals surface area contributed by atoms with Gasteiger partial charge in [0.15, 0.2) is 5.82 Å². The Hall–Kier alpha value is -3.85. The van der Waals surface area contributed by atoms with Crippen LogP contribution in [0.5, 0.6) is 0 Å². The number of hydrogen-bond donors (Lipinski definition) is 2. The number of H-pyrrole nitrogens is 1. The Morgan fingerprint density at radius 3 is 2.66 bits per heavy atom. The monoisotopic (exact) mass is 472 g/mol. The highest BCUT2D eigenvalue weighted by Crippen LogP contribution is 2.42. The van der Waals surface area contributed by atoms with Crippen molar-refractivity contribution in [3.63, 3.8) is 0 Å². The normalized spacial score (nSPS) is 16.2. The molecule has 2 aliphatic rings. The second-order valence-corrected chi connectivity index (χ2v) is 9.35. The highest BCUT2D eigenvalue weighted by molar-refractivity contribution is 5.98. The standard InChI is InChI=1S/C26H25FN6O2/c27-19-6-3-17(4-7-19)23-24(33-13-26(14-33)15-35-16-26)32-20-8-5-18(12-21(20)31-23)25(34)30-9-1-2-22-28-10-11-29-22/h3-8,10-12H,1-2,9,13-16H2,(H,28,29)(H,30,34). The molecule has 2 aliphatic heterocycles. The van der Waals surface area contributed by atoms with E-state index in [1.165, 1.54) is 12.1 Å². The predicted octanol–water partition coefficient (Wildman–Crippen LogP) is 3.36. The fraction of sp³-hybridized carbons (Fsp3) is 0.308. The van der Waals surface area contributed by atoms with Gasteiger partial charge in [0.25, 0.3) is 5.91 Å². The largest absolute Gasteiger partial charge is 0.380 e. The first-order chi connectivity index (χ1) is 17.1. The van der Waals surface area contributed by atoms with Gasteiger partial charge in [-0.05, 0) is 48.9 Å². The summed E-state index contributed by atoms with van der Waals surface area (Å²) < 4.78 is 19.0. The number of rotatable bonds is 7. The van der Waals surface area contributed by atoms with Crippen LogP contribution >= 0.6 is 0 Å². The molecule has 1 spiro atoms. The van der Waals surface area contributed by atoms with Gasteiger partial charge in [-0.2, -0.15) is 0 Å². The summed E-state index contributed by atoms with van der Waals surface area (Å²) in [5, 5.41) is 2.96. The van der Waals surface area contributed by atoms with E-state index in [2.05, 4.69) is 20.2 Å². The van der Waals surface area contributed by atoms with Gasteiger partial charge >= 0.3 is 0 Å². The molecule has 4 aromatic rings. The number of aryl methyl sites for hydroxylation is 1. The zero-order valence-corrected chi connectivity index (χ0v) is 19.1. The average Bonchev–Trinajstić information content (AvgIpc) is 3.33. The molecule has 2 N–H and O–H groups in total. The highest BCUT2D eigenvalue weighted by atomic mass is 19.1. The molecule has 0 unspecified atom stereocenters. The number of halogens is 1. The number of imidazole rings is 1. The van der Waals surface area contributed by atoms with E-state index in [-0.39, 0.29) is 17.1 Å². The topological polar surface area (TPSA) is 96.0 Å². The molecule has 4 heterocycles. The smallest absolute Gasteiger partial charge is 0.251 e. The van der Waals surface area contributed by atoms with Gasteiger partial charge in [-0.25, -0.2) is 19.3 Å². The SMILES string of the molecule is O=C(NCCCc1ncc[nH]1)c1ccc2nc(N3CC4(COC4)C3)c(-c3ccc(F)cc3)nc2c1. The fourth-order valence-corrected chi connectivity index (χ4v) is 4.69. The number of ether oxygens (including phenoxy) is 1. The number of nitrogens with one attached hydrogen (secondary N) is 2. The van der Waals surface area contributed by atoms with Crippen molar-refractivity contribution >= 4 is 22.8 Å². The average molecular weight is 473 g/mol. The van der Waals surface area contributed by atoms with Crippen molar-refractivity contribution in [3.8, 4) is 11.3 Å². The minimum atomic E-state index is -0.301. The molecule has 0 bridgehead atoms. The Bertz CT molecular complexity index is 1360. The predicted molar refractivity (Wildman–Crippen MR) is 130 cm³/mol. The number of aromatic nitrogens is 4. The minimum Gasteiger partial charge on any atom is -0.380 e. The second kappa shape index (κ2) is 8.74. The van der Waals surface area contributed by atoms with Crippen molar-refractivity contribution in [2.45, 2.75) is 12.8 Å². The van der Waals surface area contributed by atoms with Crippen LogP contribution in [0.2, 0.25) is 0 Å². The molecule has 2 fully saturated rings. The number of benzene rings is 2. The van der Waals surface area contributed by atoms with E-state index >= 15 is 0 Å². The second-order valence-electron chi connectivity index (χ2n) is 9.35. The molecular weight excluding hydrogens is 447 g/mol. The third-order valence-corrected chi connectivity index (χ3v) is 6.63. The number of amides is 1. The zero-order chi connectivity index (χ0) is 23.8. The molecule has 2 aromatic carbocycles. The van der Waals surface area contributed by atoms with Crippen LogP contribution in [0.3, 0.4) is 0 Å². The Kier molecular flexibility index (Phi) is 5.41. The fourth-order valence-electron chi connectivity index (χ4n) is 4.69. The first-order valence-electron chi connectivity index (χ1n) is 11.8. The van der Waals surface area contributed by atoms with E-state index in [4.69, 9.17) is 14.7 Å². The molecule has 9 heteroatoms. The maximum atomic E-state index is 13.6. The number of hydrogen-bond acceptors (Lipinski definition) is 6. The van der Waals surface area contributed by atoms with E-state index in [0.29, 0.717) is 28.8 Å². The summed E-state index contributed by atoms with van der Waals surface area (Å²) in [4.78, 5) is 32.0. The van der Waals surface area contributed by atoms with Gasteiger partial charge in [-0.3, -0.25) is 4.79 Å². The van der Waals surface area contributed by atoms with Crippen LogP contribution in [0.25, 0.3) is 22.3 Å².